The summed E-state index contributed by atoms with van der Waals surface area (Å²) in [5.74, 6) is 3.41. The van der Waals surface area contributed by atoms with Gasteiger partial charge in [0.2, 0.25) is 0 Å². The highest BCUT2D eigenvalue weighted by atomic mass is 16.5. The average Bonchev–Trinajstić information content (AvgIpc) is 2.97. The van der Waals surface area contributed by atoms with Crippen LogP contribution in [0.25, 0.3) is 0 Å². The maximum Gasteiger partial charge on any atom is 0.122 e. The van der Waals surface area contributed by atoms with E-state index in [1.807, 2.05) is 31.2 Å². The molecule has 1 aliphatic rings. The molecule has 3 nitrogen and oxygen atoms in total. The van der Waals surface area contributed by atoms with Crippen molar-refractivity contribution >= 4 is 0 Å². The quantitative estimate of drug-likeness (QED) is 0.896. The molecule has 0 saturated heterocycles. The zero-order valence-corrected chi connectivity index (χ0v) is 10.5. The maximum atomic E-state index is 5.65. The van der Waals surface area contributed by atoms with Gasteiger partial charge >= 0.3 is 0 Å². The molecule has 0 aliphatic carbocycles. The molecule has 2 heterocycles. The Hall–Kier alpha value is -1.74. The lowest BCUT2D eigenvalue weighted by Crippen LogP contribution is -2.21. The lowest BCUT2D eigenvalue weighted by Gasteiger charge is -2.09. The summed E-state index contributed by atoms with van der Waals surface area (Å²) in [5, 5.41) is 3.42. The van der Waals surface area contributed by atoms with Crippen LogP contribution in [-0.4, -0.2) is 13.2 Å². The first-order valence-electron chi connectivity index (χ1n) is 6.30. The Kier molecular flexibility index (Phi) is 3.07. The van der Waals surface area contributed by atoms with E-state index >= 15 is 0 Å². The minimum atomic E-state index is 0.442. The summed E-state index contributed by atoms with van der Waals surface area (Å²) in [6.07, 6.45) is 0. The number of furan rings is 1. The molecule has 18 heavy (non-hydrogen) atoms. The summed E-state index contributed by atoms with van der Waals surface area (Å²) in [4.78, 5) is 0. The summed E-state index contributed by atoms with van der Waals surface area (Å²) in [6, 6.07) is 12.3. The van der Waals surface area contributed by atoms with Gasteiger partial charge in [-0.25, -0.2) is 0 Å². The summed E-state index contributed by atoms with van der Waals surface area (Å²) in [5.41, 5.74) is 1.31. The zero-order valence-electron chi connectivity index (χ0n) is 10.5. The molecule has 0 amide bonds. The van der Waals surface area contributed by atoms with E-state index in [0.717, 1.165) is 37.0 Å². The van der Waals surface area contributed by atoms with Crippen molar-refractivity contribution in [3.8, 4) is 5.75 Å². The molecule has 0 radical (unpaired) electrons. The van der Waals surface area contributed by atoms with Gasteiger partial charge in [0.15, 0.2) is 0 Å². The molecule has 1 aromatic heterocycles. The van der Waals surface area contributed by atoms with E-state index in [1.54, 1.807) is 0 Å². The fraction of sp³-hybridized carbons (Fsp3) is 0.333. The van der Waals surface area contributed by atoms with Crippen molar-refractivity contribution in [2.75, 3.05) is 13.2 Å². The normalized spacial score (nSPS) is 17.5. The molecule has 1 N–H and O–H groups in total. The van der Waals surface area contributed by atoms with Gasteiger partial charge in [0.25, 0.3) is 0 Å². The van der Waals surface area contributed by atoms with Crippen LogP contribution in [0.5, 0.6) is 5.75 Å². The van der Waals surface area contributed by atoms with Gasteiger partial charge < -0.3 is 14.5 Å². The van der Waals surface area contributed by atoms with E-state index in [0.29, 0.717) is 5.92 Å². The molecule has 0 spiro atoms. The number of hydrogen-bond acceptors (Lipinski definition) is 3. The van der Waals surface area contributed by atoms with Crippen LogP contribution in [0.4, 0.5) is 0 Å². The van der Waals surface area contributed by atoms with Crippen LogP contribution in [-0.2, 0) is 6.54 Å². The molecule has 3 heteroatoms. The maximum absolute atomic E-state index is 5.65. The summed E-state index contributed by atoms with van der Waals surface area (Å²) >= 11 is 0. The third-order valence-electron chi connectivity index (χ3n) is 3.28. The van der Waals surface area contributed by atoms with E-state index in [4.69, 9.17) is 9.15 Å². The van der Waals surface area contributed by atoms with E-state index in [2.05, 4.69) is 17.4 Å². The van der Waals surface area contributed by atoms with E-state index < -0.39 is 0 Å². The number of nitrogens with one attached hydrogen (secondary N) is 1. The number of fused-ring (bicyclic) bond motifs is 1. The molecular formula is C15H17NO2. The van der Waals surface area contributed by atoms with Gasteiger partial charge in [0.1, 0.15) is 17.3 Å². The molecule has 3 rings (SSSR count). The number of hydrogen-bond donors (Lipinski definition) is 1. The first-order chi connectivity index (χ1) is 8.83. The Morgan fingerprint density at radius 3 is 2.94 bits per heavy atom. The number of para-hydroxylation sites is 1. The fourth-order valence-corrected chi connectivity index (χ4v) is 2.35. The van der Waals surface area contributed by atoms with E-state index in [-0.39, 0.29) is 0 Å². The van der Waals surface area contributed by atoms with Crippen molar-refractivity contribution in [1.82, 2.24) is 5.32 Å². The van der Waals surface area contributed by atoms with Gasteiger partial charge in [0.05, 0.1) is 13.2 Å². The Bertz CT molecular complexity index is 533. The number of ether oxygens (including phenoxy) is 1. The molecule has 1 unspecified atom stereocenters. The van der Waals surface area contributed by atoms with Crippen LogP contribution >= 0.6 is 0 Å². The first-order valence-corrected chi connectivity index (χ1v) is 6.30. The predicted octanol–water partition coefficient (Wildman–Crippen LogP) is 2.85. The Morgan fingerprint density at radius 2 is 2.11 bits per heavy atom. The molecule has 2 aromatic rings. The second-order valence-corrected chi connectivity index (χ2v) is 4.69. The highest BCUT2D eigenvalue weighted by Gasteiger charge is 2.22. The highest BCUT2D eigenvalue weighted by Crippen LogP contribution is 2.32. The fourth-order valence-electron chi connectivity index (χ4n) is 2.35. The van der Waals surface area contributed by atoms with Crippen LogP contribution in [0.15, 0.2) is 40.8 Å². The number of rotatable bonds is 4. The third-order valence-corrected chi connectivity index (χ3v) is 3.28. The van der Waals surface area contributed by atoms with Crippen LogP contribution in [0.3, 0.4) is 0 Å². The van der Waals surface area contributed by atoms with Crippen LogP contribution in [0.2, 0.25) is 0 Å². The van der Waals surface area contributed by atoms with Gasteiger partial charge in [-0.15, -0.1) is 0 Å². The molecule has 0 saturated carbocycles. The van der Waals surface area contributed by atoms with Crippen molar-refractivity contribution in [2.45, 2.75) is 19.4 Å². The monoisotopic (exact) mass is 243 g/mol. The van der Waals surface area contributed by atoms with E-state index in [9.17, 15) is 0 Å². The largest absolute Gasteiger partial charge is 0.493 e. The van der Waals surface area contributed by atoms with Crippen LogP contribution in [0, 0.1) is 6.92 Å². The number of benzene rings is 1. The Balaban J connectivity index is 1.56. The highest BCUT2D eigenvalue weighted by molar-refractivity contribution is 5.39. The van der Waals surface area contributed by atoms with Crippen molar-refractivity contribution < 1.29 is 9.15 Å². The predicted molar refractivity (Wildman–Crippen MR) is 69.8 cm³/mol. The average molecular weight is 243 g/mol. The Morgan fingerprint density at radius 1 is 1.22 bits per heavy atom. The van der Waals surface area contributed by atoms with Crippen molar-refractivity contribution in [3.05, 3.63) is 53.5 Å². The number of aryl methyl sites for hydroxylation is 1. The second-order valence-electron chi connectivity index (χ2n) is 4.69. The van der Waals surface area contributed by atoms with Gasteiger partial charge in [-0.3, -0.25) is 0 Å². The molecule has 1 atom stereocenters. The molecule has 94 valence electrons. The molecule has 0 bridgehead atoms. The van der Waals surface area contributed by atoms with Gasteiger partial charge in [-0.05, 0) is 25.1 Å². The molecule has 0 fully saturated rings. The molecular weight excluding hydrogens is 226 g/mol. The topological polar surface area (TPSA) is 34.4 Å². The lowest BCUT2D eigenvalue weighted by molar-refractivity contribution is 0.324. The molecule has 1 aromatic carbocycles. The van der Waals surface area contributed by atoms with Crippen molar-refractivity contribution in [1.29, 1.82) is 0 Å². The zero-order chi connectivity index (χ0) is 12.4. The third kappa shape index (κ3) is 2.27. The van der Waals surface area contributed by atoms with E-state index in [1.165, 1.54) is 5.56 Å². The van der Waals surface area contributed by atoms with Crippen molar-refractivity contribution in [2.24, 2.45) is 0 Å². The minimum Gasteiger partial charge on any atom is -0.493 e. The Labute approximate surface area is 107 Å². The van der Waals surface area contributed by atoms with Gasteiger partial charge in [0, 0.05) is 18.0 Å². The summed E-state index contributed by atoms with van der Waals surface area (Å²) in [6.45, 7) is 4.41. The van der Waals surface area contributed by atoms with Crippen LogP contribution in [0.1, 0.15) is 23.0 Å². The van der Waals surface area contributed by atoms with Crippen molar-refractivity contribution in [3.63, 3.8) is 0 Å². The SMILES string of the molecule is Cc1ccc(CNCC2COc3ccccc32)o1. The van der Waals surface area contributed by atoms with Gasteiger partial charge in [-0.2, -0.15) is 0 Å². The minimum absolute atomic E-state index is 0.442. The first kappa shape index (κ1) is 11.4. The molecule has 1 aliphatic heterocycles. The van der Waals surface area contributed by atoms with Gasteiger partial charge in [-0.1, -0.05) is 18.2 Å². The smallest absolute Gasteiger partial charge is 0.122 e. The standard InChI is InChI=1S/C15H17NO2/c1-11-6-7-13(18-11)9-16-8-12-10-17-15-5-3-2-4-14(12)15/h2-7,12,16H,8-10H2,1H3. The second kappa shape index (κ2) is 4.86. The van der Waals surface area contributed by atoms with Crippen LogP contribution < -0.4 is 10.1 Å². The lowest BCUT2D eigenvalue weighted by atomic mass is 10.0. The summed E-state index contributed by atoms with van der Waals surface area (Å²) in [7, 11) is 0. The summed E-state index contributed by atoms with van der Waals surface area (Å²) < 4.78 is 11.2.